The highest BCUT2D eigenvalue weighted by molar-refractivity contribution is 5.79. The molecule has 2 aromatic carbocycles. The minimum Gasteiger partial charge on any atom is -0.363 e. The molecule has 0 aliphatic carbocycles. The summed E-state index contributed by atoms with van der Waals surface area (Å²) in [6, 6.07) is 17.0. The number of aromatic nitrogens is 3. The zero-order valence-electron chi connectivity index (χ0n) is 15.2. The van der Waals surface area contributed by atoms with Crippen molar-refractivity contribution in [2.24, 2.45) is 0 Å². The molecule has 0 saturated carbocycles. The van der Waals surface area contributed by atoms with Crippen LogP contribution >= 0.6 is 0 Å². The first-order chi connectivity index (χ1) is 13.3. The molecule has 0 atom stereocenters. The van der Waals surface area contributed by atoms with E-state index in [1.165, 1.54) is 0 Å². The van der Waals surface area contributed by atoms with Crippen LogP contribution in [0.25, 0.3) is 33.7 Å². The lowest BCUT2D eigenvalue weighted by molar-refractivity contribution is -0.137. The minimum atomic E-state index is -4.43. The Labute approximate surface area is 159 Å². The number of alkyl halides is 3. The van der Waals surface area contributed by atoms with E-state index in [0.29, 0.717) is 11.4 Å². The molecule has 0 saturated heterocycles. The third-order valence-corrected chi connectivity index (χ3v) is 4.44. The van der Waals surface area contributed by atoms with Gasteiger partial charge in [0.2, 0.25) is 0 Å². The van der Waals surface area contributed by atoms with E-state index in [2.05, 4.69) is 15.0 Å². The van der Waals surface area contributed by atoms with Crippen LogP contribution in [0.3, 0.4) is 0 Å². The number of hydrogen-bond donors (Lipinski definition) is 1. The van der Waals surface area contributed by atoms with Crippen LogP contribution in [-0.4, -0.2) is 29.0 Å². The molecular formula is C21H17F3N4. The lowest BCUT2D eigenvalue weighted by atomic mass is 10.1. The number of aromatic amines is 1. The lowest BCUT2D eigenvalue weighted by Crippen LogP contribution is -2.14. The molecule has 0 aliphatic heterocycles. The molecule has 4 nitrogen and oxygen atoms in total. The van der Waals surface area contributed by atoms with E-state index in [0.717, 1.165) is 28.7 Å². The zero-order chi connectivity index (χ0) is 19.9. The number of para-hydroxylation sites is 2. The number of imidazole rings is 1. The maximum Gasteiger partial charge on any atom is 0.416 e. The Morgan fingerprint density at radius 2 is 1.54 bits per heavy atom. The molecule has 0 fully saturated rings. The number of fused-ring (bicyclic) bond motifs is 1. The van der Waals surface area contributed by atoms with Crippen LogP contribution in [0.4, 0.5) is 19.0 Å². The van der Waals surface area contributed by atoms with E-state index in [-0.39, 0.29) is 11.5 Å². The van der Waals surface area contributed by atoms with E-state index in [4.69, 9.17) is 0 Å². The summed E-state index contributed by atoms with van der Waals surface area (Å²) >= 11 is 0. The van der Waals surface area contributed by atoms with E-state index in [1.54, 1.807) is 31.1 Å². The zero-order valence-corrected chi connectivity index (χ0v) is 15.2. The molecule has 28 heavy (non-hydrogen) atoms. The van der Waals surface area contributed by atoms with Crippen LogP contribution in [0.15, 0.2) is 60.7 Å². The second kappa shape index (κ2) is 6.67. The monoisotopic (exact) mass is 382 g/mol. The summed E-state index contributed by atoms with van der Waals surface area (Å²) in [5.74, 6) is 0.963. The molecule has 4 aromatic rings. The van der Waals surface area contributed by atoms with Gasteiger partial charge in [0.15, 0.2) is 0 Å². The van der Waals surface area contributed by atoms with E-state index in [9.17, 15) is 13.2 Å². The van der Waals surface area contributed by atoms with Crippen LogP contribution in [0.1, 0.15) is 5.56 Å². The average Bonchev–Trinajstić information content (AvgIpc) is 3.11. The van der Waals surface area contributed by atoms with Crippen molar-refractivity contribution in [2.75, 3.05) is 19.0 Å². The van der Waals surface area contributed by atoms with Gasteiger partial charge >= 0.3 is 6.18 Å². The van der Waals surface area contributed by atoms with E-state index >= 15 is 0 Å². The summed E-state index contributed by atoms with van der Waals surface area (Å²) in [6.07, 6.45) is -4.43. The molecule has 1 N–H and O–H groups in total. The third-order valence-electron chi connectivity index (χ3n) is 4.44. The smallest absolute Gasteiger partial charge is 0.363 e. The van der Waals surface area contributed by atoms with Gasteiger partial charge in [0.05, 0.1) is 22.3 Å². The second-order valence-corrected chi connectivity index (χ2v) is 6.67. The Balaban J connectivity index is 1.73. The number of nitrogens with zero attached hydrogens (tertiary/aromatic N) is 3. The molecule has 142 valence electrons. The molecule has 0 amide bonds. The molecule has 0 spiro atoms. The Morgan fingerprint density at radius 3 is 2.18 bits per heavy atom. The number of nitrogens with one attached hydrogen (secondary N) is 1. The van der Waals surface area contributed by atoms with Gasteiger partial charge in [-0.2, -0.15) is 13.2 Å². The van der Waals surface area contributed by atoms with Crippen molar-refractivity contribution < 1.29 is 13.2 Å². The van der Waals surface area contributed by atoms with Gasteiger partial charge in [0, 0.05) is 25.2 Å². The Bertz CT molecular complexity index is 1100. The maximum atomic E-state index is 13.3. The van der Waals surface area contributed by atoms with Crippen LogP contribution < -0.4 is 4.90 Å². The van der Waals surface area contributed by atoms with Gasteiger partial charge in [-0.25, -0.2) is 9.97 Å². The van der Waals surface area contributed by atoms with Gasteiger partial charge in [-0.1, -0.05) is 36.4 Å². The van der Waals surface area contributed by atoms with Crippen LogP contribution in [-0.2, 0) is 6.18 Å². The van der Waals surface area contributed by atoms with Gasteiger partial charge in [0.1, 0.15) is 11.6 Å². The van der Waals surface area contributed by atoms with Crippen molar-refractivity contribution in [3.8, 4) is 22.6 Å². The van der Waals surface area contributed by atoms with Crippen LogP contribution in [0.5, 0.6) is 0 Å². The lowest BCUT2D eigenvalue weighted by Gasteiger charge is -2.16. The fourth-order valence-corrected chi connectivity index (χ4v) is 2.95. The molecule has 4 rings (SSSR count). The molecule has 7 heteroatoms. The van der Waals surface area contributed by atoms with Crippen LogP contribution in [0, 0.1) is 0 Å². The fraction of sp³-hybridized carbons (Fsp3) is 0.143. The fourth-order valence-electron chi connectivity index (χ4n) is 2.95. The van der Waals surface area contributed by atoms with Crippen molar-refractivity contribution >= 4 is 16.9 Å². The number of benzene rings is 2. The molecule has 0 bridgehead atoms. The molecule has 2 heterocycles. The van der Waals surface area contributed by atoms with Crippen molar-refractivity contribution in [1.29, 1.82) is 0 Å². The standard InChI is InChI=1S/C21H17F3N4/c1-28(2)19-12-15(21(22,23)24)11-18(25-19)13-7-9-14(10-8-13)20-26-16-5-3-4-6-17(16)27-20/h3-12H,1-2H3,(H,26,27). The largest absolute Gasteiger partial charge is 0.416 e. The highest BCUT2D eigenvalue weighted by atomic mass is 19.4. The number of halogens is 3. The SMILES string of the molecule is CN(C)c1cc(C(F)(F)F)cc(-c2ccc(-c3nc4ccccc4[nH]3)cc2)n1. The maximum absolute atomic E-state index is 13.3. The molecule has 0 unspecified atom stereocenters. The van der Waals surface area contributed by atoms with Gasteiger partial charge in [-0.05, 0) is 24.3 Å². The summed E-state index contributed by atoms with van der Waals surface area (Å²) < 4.78 is 39.8. The first-order valence-electron chi connectivity index (χ1n) is 8.63. The summed E-state index contributed by atoms with van der Waals surface area (Å²) in [5.41, 5.74) is 2.79. The van der Waals surface area contributed by atoms with Crippen molar-refractivity contribution in [3.05, 3.63) is 66.2 Å². The van der Waals surface area contributed by atoms with Gasteiger partial charge in [-0.15, -0.1) is 0 Å². The molecular weight excluding hydrogens is 365 g/mol. The second-order valence-electron chi connectivity index (χ2n) is 6.67. The predicted octanol–water partition coefficient (Wildman–Crippen LogP) is 5.38. The van der Waals surface area contributed by atoms with Crippen LogP contribution in [0.2, 0.25) is 0 Å². The van der Waals surface area contributed by atoms with Gasteiger partial charge in [0.25, 0.3) is 0 Å². The number of anilines is 1. The minimum absolute atomic E-state index is 0.256. The Morgan fingerprint density at radius 1 is 0.857 bits per heavy atom. The molecule has 0 radical (unpaired) electrons. The average molecular weight is 382 g/mol. The van der Waals surface area contributed by atoms with E-state index < -0.39 is 11.7 Å². The Kier molecular flexibility index (Phi) is 4.30. The normalized spacial score (nSPS) is 11.8. The number of pyridine rings is 1. The van der Waals surface area contributed by atoms with Gasteiger partial charge < -0.3 is 9.88 Å². The topological polar surface area (TPSA) is 44.8 Å². The molecule has 2 aromatic heterocycles. The summed E-state index contributed by atoms with van der Waals surface area (Å²) in [6.45, 7) is 0. The summed E-state index contributed by atoms with van der Waals surface area (Å²) in [5, 5.41) is 0. The number of rotatable bonds is 3. The number of hydrogen-bond acceptors (Lipinski definition) is 3. The number of H-pyrrole nitrogens is 1. The van der Waals surface area contributed by atoms with Crippen molar-refractivity contribution in [2.45, 2.75) is 6.18 Å². The van der Waals surface area contributed by atoms with Crippen molar-refractivity contribution in [1.82, 2.24) is 15.0 Å². The predicted molar refractivity (Wildman–Crippen MR) is 104 cm³/mol. The summed E-state index contributed by atoms with van der Waals surface area (Å²) in [4.78, 5) is 13.7. The Hall–Kier alpha value is -3.35. The van der Waals surface area contributed by atoms with Gasteiger partial charge in [-0.3, -0.25) is 0 Å². The summed E-state index contributed by atoms with van der Waals surface area (Å²) in [7, 11) is 3.33. The highest BCUT2D eigenvalue weighted by Crippen LogP contribution is 2.34. The first-order valence-corrected chi connectivity index (χ1v) is 8.63. The van der Waals surface area contributed by atoms with Crippen molar-refractivity contribution in [3.63, 3.8) is 0 Å². The molecule has 0 aliphatic rings. The highest BCUT2D eigenvalue weighted by Gasteiger charge is 2.32. The third kappa shape index (κ3) is 3.43. The van der Waals surface area contributed by atoms with E-state index in [1.807, 2.05) is 36.4 Å². The first kappa shape index (κ1) is 18.0. The quantitative estimate of drug-likeness (QED) is 0.518.